The third-order valence-corrected chi connectivity index (χ3v) is 7.59. The molecule has 2 N–H and O–H groups in total. The van der Waals surface area contributed by atoms with Crippen molar-refractivity contribution in [1.82, 2.24) is 25.0 Å². The highest BCUT2D eigenvalue weighted by Crippen LogP contribution is 2.29. The zero-order valence-electron chi connectivity index (χ0n) is 23.4. The number of rotatable bonds is 6. The number of carbonyl (C=O) groups excluding carboxylic acids is 2. The highest BCUT2D eigenvalue weighted by molar-refractivity contribution is 6.11. The van der Waals surface area contributed by atoms with E-state index < -0.39 is 11.9 Å². The van der Waals surface area contributed by atoms with Gasteiger partial charge in [0.1, 0.15) is 11.6 Å². The van der Waals surface area contributed by atoms with Gasteiger partial charge in [-0.05, 0) is 77.7 Å². The molecule has 0 radical (unpaired) electrons. The molecule has 2 aromatic heterocycles. The number of urea groups is 1. The van der Waals surface area contributed by atoms with Crippen LogP contribution in [0, 0.1) is 6.92 Å². The molecule has 0 atom stereocenters. The summed E-state index contributed by atoms with van der Waals surface area (Å²) in [5.74, 6) is 0.749. The van der Waals surface area contributed by atoms with E-state index >= 15 is 0 Å². The van der Waals surface area contributed by atoms with Crippen LogP contribution >= 0.6 is 0 Å². The summed E-state index contributed by atoms with van der Waals surface area (Å²) in [7, 11) is 1.86. The lowest BCUT2D eigenvalue weighted by atomic mass is 9.99. The van der Waals surface area contributed by atoms with Crippen molar-refractivity contribution in [2.24, 2.45) is 7.05 Å². The lowest BCUT2D eigenvalue weighted by molar-refractivity contribution is 0.0967. The van der Waals surface area contributed by atoms with Crippen molar-refractivity contribution in [3.05, 3.63) is 41.6 Å². The molecule has 2 fully saturated rings. The second-order valence-corrected chi connectivity index (χ2v) is 10.9. The van der Waals surface area contributed by atoms with Crippen LogP contribution in [0.4, 0.5) is 16.3 Å². The first-order chi connectivity index (χ1) is 18.8. The molecule has 2 aliphatic heterocycles. The predicted octanol–water partition coefficient (Wildman–Crippen LogP) is 4.48. The number of imide groups is 1. The van der Waals surface area contributed by atoms with Gasteiger partial charge in [-0.15, -0.1) is 0 Å². The summed E-state index contributed by atoms with van der Waals surface area (Å²) in [5, 5.41) is 10.5. The second kappa shape index (κ2) is 11.6. The van der Waals surface area contributed by atoms with Gasteiger partial charge in [0.25, 0.3) is 5.91 Å². The average molecular weight is 534 g/mol. The first kappa shape index (κ1) is 26.9. The van der Waals surface area contributed by atoms with Crippen molar-refractivity contribution in [2.45, 2.75) is 65.0 Å². The Bertz CT molecular complexity index is 1340. The molecule has 10 nitrogen and oxygen atoms in total. The van der Waals surface area contributed by atoms with E-state index in [-0.39, 0.29) is 6.10 Å². The van der Waals surface area contributed by atoms with Crippen LogP contribution in [-0.4, -0.2) is 69.9 Å². The van der Waals surface area contributed by atoms with Gasteiger partial charge in [0.05, 0.1) is 17.4 Å². The number of ether oxygens (including phenoxy) is 1. The van der Waals surface area contributed by atoms with Gasteiger partial charge < -0.3 is 19.9 Å². The van der Waals surface area contributed by atoms with Crippen molar-refractivity contribution in [1.29, 1.82) is 0 Å². The van der Waals surface area contributed by atoms with Crippen LogP contribution in [0.25, 0.3) is 11.0 Å². The third-order valence-electron chi connectivity index (χ3n) is 7.59. The van der Waals surface area contributed by atoms with E-state index in [1.54, 1.807) is 22.9 Å². The number of piperidine rings is 2. The Morgan fingerprint density at radius 2 is 1.79 bits per heavy atom. The number of aryl methyl sites for hydroxylation is 2. The first-order valence-electron chi connectivity index (χ1n) is 14.0. The molecular weight excluding hydrogens is 494 g/mol. The maximum Gasteiger partial charge on any atom is 0.326 e. The monoisotopic (exact) mass is 533 g/mol. The Balaban J connectivity index is 1.34. The molecule has 0 spiro atoms. The molecule has 3 aromatic rings. The number of pyridine rings is 1. The number of hydrogen-bond acceptors (Lipinski definition) is 7. The topological polar surface area (TPSA) is 105 Å². The molecule has 5 rings (SSSR count). The average Bonchev–Trinajstić information content (AvgIpc) is 3.20. The van der Waals surface area contributed by atoms with Crippen molar-refractivity contribution < 1.29 is 14.3 Å². The van der Waals surface area contributed by atoms with Crippen molar-refractivity contribution in [3.8, 4) is 5.75 Å². The van der Waals surface area contributed by atoms with Crippen LogP contribution < -0.4 is 20.3 Å². The molecule has 1 aromatic carbocycles. The van der Waals surface area contributed by atoms with Crippen molar-refractivity contribution in [3.63, 3.8) is 0 Å². The lowest BCUT2D eigenvalue weighted by Crippen LogP contribution is -2.47. The van der Waals surface area contributed by atoms with Gasteiger partial charge in [-0.3, -0.25) is 14.8 Å². The molecule has 208 valence electrons. The Labute approximate surface area is 229 Å². The zero-order valence-corrected chi connectivity index (χ0v) is 23.4. The van der Waals surface area contributed by atoms with Gasteiger partial charge in [-0.2, -0.15) is 5.10 Å². The van der Waals surface area contributed by atoms with E-state index in [0.717, 1.165) is 42.7 Å². The minimum Gasteiger partial charge on any atom is -0.491 e. The molecule has 2 saturated heterocycles. The summed E-state index contributed by atoms with van der Waals surface area (Å²) in [4.78, 5) is 36.0. The number of hydrogen-bond donors (Lipinski definition) is 2. The number of fused-ring (bicyclic) bond motifs is 1. The zero-order chi connectivity index (χ0) is 27.5. The highest BCUT2D eigenvalue weighted by Gasteiger charge is 2.29. The number of carbonyl (C=O) groups is 2. The van der Waals surface area contributed by atoms with E-state index in [1.165, 1.54) is 32.4 Å². The number of nitrogens with zero attached hydrogens (tertiary/aromatic N) is 5. The maximum absolute atomic E-state index is 13.5. The lowest BCUT2D eigenvalue weighted by Gasteiger charge is -2.40. The molecule has 0 aliphatic carbocycles. The molecule has 39 heavy (non-hydrogen) atoms. The highest BCUT2D eigenvalue weighted by atomic mass is 16.5. The van der Waals surface area contributed by atoms with Gasteiger partial charge in [0, 0.05) is 43.3 Å². The summed E-state index contributed by atoms with van der Waals surface area (Å²) >= 11 is 0. The standard InChI is InChI=1S/C29H39N7O3/c1-19(2)39-23-10-8-9-21(17-23)30-29(38)32-28(37)25-18-24-20(3)33-34(4)26(24)31-27(25)36-15-11-22(12-16-36)35-13-6-5-7-14-35/h8-10,17-19,22H,5-7,11-16H2,1-4H3,(H2,30,32,37,38). The summed E-state index contributed by atoms with van der Waals surface area (Å²) in [6.07, 6.45) is 5.95. The van der Waals surface area contributed by atoms with Crippen LogP contribution in [0.5, 0.6) is 5.75 Å². The Morgan fingerprint density at radius 3 is 2.51 bits per heavy atom. The fourth-order valence-electron chi connectivity index (χ4n) is 5.72. The van der Waals surface area contributed by atoms with E-state index in [9.17, 15) is 9.59 Å². The number of anilines is 2. The van der Waals surface area contributed by atoms with Crippen LogP contribution in [0.3, 0.4) is 0 Å². The minimum atomic E-state index is -0.612. The number of benzene rings is 1. The summed E-state index contributed by atoms with van der Waals surface area (Å²) < 4.78 is 7.45. The van der Waals surface area contributed by atoms with Crippen LogP contribution in [0.1, 0.15) is 62.0 Å². The molecule has 10 heteroatoms. The summed E-state index contributed by atoms with van der Waals surface area (Å²) in [6, 6.07) is 8.88. The second-order valence-electron chi connectivity index (χ2n) is 10.9. The third kappa shape index (κ3) is 6.16. The van der Waals surface area contributed by atoms with Crippen LogP contribution in [0.15, 0.2) is 30.3 Å². The van der Waals surface area contributed by atoms with Gasteiger partial charge in [-0.1, -0.05) is 12.5 Å². The van der Waals surface area contributed by atoms with Gasteiger partial charge in [-0.25, -0.2) is 9.78 Å². The maximum atomic E-state index is 13.5. The summed E-state index contributed by atoms with van der Waals surface area (Å²) in [5.41, 5.74) is 2.43. The number of likely N-dealkylation sites (tertiary alicyclic amines) is 1. The van der Waals surface area contributed by atoms with E-state index in [4.69, 9.17) is 9.72 Å². The number of nitrogens with one attached hydrogen (secondary N) is 2. The first-order valence-corrected chi connectivity index (χ1v) is 14.0. The van der Waals surface area contributed by atoms with Gasteiger partial charge in [0.2, 0.25) is 0 Å². The Morgan fingerprint density at radius 1 is 1.05 bits per heavy atom. The molecular formula is C29H39N7O3. The van der Waals surface area contributed by atoms with E-state index in [2.05, 4.69) is 25.5 Å². The van der Waals surface area contributed by atoms with Gasteiger partial charge in [0.15, 0.2) is 5.65 Å². The van der Waals surface area contributed by atoms with E-state index in [1.807, 2.05) is 40.0 Å². The fraction of sp³-hybridized carbons (Fsp3) is 0.517. The molecule has 0 saturated carbocycles. The number of amides is 3. The van der Waals surface area contributed by atoms with Crippen LogP contribution in [0.2, 0.25) is 0 Å². The SMILES string of the molecule is Cc1nn(C)c2nc(N3CCC(N4CCCCC4)CC3)c(C(=O)NC(=O)Nc3cccc(OC(C)C)c3)cc12. The van der Waals surface area contributed by atoms with E-state index in [0.29, 0.717) is 28.9 Å². The Hall–Kier alpha value is -3.66. The molecule has 3 amide bonds. The van der Waals surface area contributed by atoms with Crippen LogP contribution in [-0.2, 0) is 7.05 Å². The molecule has 0 unspecified atom stereocenters. The molecule has 4 heterocycles. The molecule has 2 aliphatic rings. The predicted molar refractivity (Wildman–Crippen MR) is 153 cm³/mol. The van der Waals surface area contributed by atoms with Crippen molar-refractivity contribution in [2.75, 3.05) is 36.4 Å². The smallest absolute Gasteiger partial charge is 0.326 e. The van der Waals surface area contributed by atoms with Gasteiger partial charge >= 0.3 is 6.03 Å². The summed E-state index contributed by atoms with van der Waals surface area (Å²) in [6.45, 7) is 9.75. The normalized spacial score (nSPS) is 17.0. The quantitative estimate of drug-likeness (QED) is 0.481. The number of aromatic nitrogens is 3. The largest absolute Gasteiger partial charge is 0.491 e. The fourth-order valence-corrected chi connectivity index (χ4v) is 5.72. The Kier molecular flexibility index (Phi) is 8.02. The minimum absolute atomic E-state index is 0.0114. The van der Waals surface area contributed by atoms with Crippen molar-refractivity contribution >= 4 is 34.5 Å². The molecule has 0 bridgehead atoms.